The predicted octanol–water partition coefficient (Wildman–Crippen LogP) is 0.0363. The normalized spacial score (nSPS) is 36.3. The molecule has 62 valence electrons. The number of amides is 1. The zero-order valence-electron chi connectivity index (χ0n) is 6.63. The fourth-order valence-electron chi connectivity index (χ4n) is 1.39. The van der Waals surface area contributed by atoms with E-state index in [-0.39, 0.29) is 25.2 Å². The minimum atomic E-state index is -0.130. The Morgan fingerprint density at radius 2 is 2.75 bits per heavy atom. The Morgan fingerprint density at radius 3 is 3.25 bits per heavy atom. The molecule has 1 heterocycles. The summed E-state index contributed by atoms with van der Waals surface area (Å²) in [7, 11) is 1.63. The van der Waals surface area contributed by atoms with E-state index in [1.807, 2.05) is 6.08 Å². The second kappa shape index (κ2) is 2.35. The molecule has 3 nitrogen and oxygen atoms in total. The molecule has 0 saturated heterocycles. The van der Waals surface area contributed by atoms with Crippen LogP contribution < -0.4 is 5.32 Å². The first-order valence-corrected chi connectivity index (χ1v) is 5.47. The molecule has 1 amide bonds. The van der Waals surface area contributed by atoms with Crippen molar-refractivity contribution in [2.24, 2.45) is 5.92 Å². The molecule has 0 aromatic rings. The van der Waals surface area contributed by atoms with Gasteiger partial charge in [0.1, 0.15) is 0 Å². The van der Waals surface area contributed by atoms with Gasteiger partial charge < -0.3 is 0 Å². The van der Waals surface area contributed by atoms with Crippen LogP contribution in [0.15, 0.2) is 10.5 Å². The van der Waals surface area contributed by atoms with Crippen LogP contribution in [0.1, 0.15) is 6.42 Å². The van der Waals surface area contributed by atoms with E-state index in [0.717, 1.165) is 10.9 Å². The van der Waals surface area contributed by atoms with Crippen molar-refractivity contribution in [1.82, 2.24) is 5.32 Å². The van der Waals surface area contributed by atoms with Gasteiger partial charge in [0.25, 0.3) is 0 Å². The molecular weight excluding hydrogens is 219 g/mol. The van der Waals surface area contributed by atoms with Crippen LogP contribution in [0.4, 0.5) is 0 Å². The van der Waals surface area contributed by atoms with Crippen LogP contribution in [-0.2, 0) is 4.79 Å². The number of likely N-dealkylation sites (N-methyl/N-ethyl adjacent to an activating group) is 1. The van der Waals surface area contributed by atoms with Gasteiger partial charge in [-0.3, -0.25) is 0 Å². The van der Waals surface area contributed by atoms with E-state index in [0.29, 0.717) is 5.92 Å². The summed E-state index contributed by atoms with van der Waals surface area (Å²) in [5.41, 5.74) is 0. The fraction of sp³-hybridized carbons (Fsp3) is 0.500. The number of nitrogens with zero attached hydrogens (tertiary/aromatic N) is 1. The third-order valence-corrected chi connectivity index (χ3v) is 5.32. The van der Waals surface area contributed by atoms with E-state index in [1.54, 1.807) is 7.05 Å². The minimum absolute atomic E-state index is 0.00294. The van der Waals surface area contributed by atoms with E-state index in [4.69, 9.17) is 5.26 Å². The summed E-state index contributed by atoms with van der Waals surface area (Å²) in [5, 5.41) is 11.4. The first-order chi connectivity index (χ1) is 5.72. The molecule has 4 heteroatoms. The van der Waals surface area contributed by atoms with Crippen molar-refractivity contribution in [3.05, 3.63) is 10.5 Å². The van der Waals surface area contributed by atoms with Crippen LogP contribution in [-0.4, -0.2) is 27.9 Å². The summed E-state index contributed by atoms with van der Waals surface area (Å²) < 4.78 is 0.720. The predicted molar refractivity (Wildman–Crippen MR) is 44.3 cm³/mol. The molecule has 2 rings (SSSR count). The molecule has 1 fully saturated rings. The van der Waals surface area contributed by atoms with Crippen LogP contribution in [0, 0.1) is 17.2 Å². The van der Waals surface area contributed by atoms with Gasteiger partial charge in [0.2, 0.25) is 0 Å². The molecule has 0 aromatic heterocycles. The van der Waals surface area contributed by atoms with Gasteiger partial charge in [-0.05, 0) is 0 Å². The van der Waals surface area contributed by atoms with E-state index in [9.17, 15) is 4.79 Å². The number of allylic oxidation sites excluding steroid dienone is 1. The van der Waals surface area contributed by atoms with Crippen LogP contribution in [0.3, 0.4) is 0 Å². The Balaban J connectivity index is 2.13. The van der Waals surface area contributed by atoms with Gasteiger partial charge in [0, 0.05) is 0 Å². The monoisotopic (exact) mass is 228 g/mol. The van der Waals surface area contributed by atoms with Crippen molar-refractivity contribution in [1.29, 1.82) is 5.26 Å². The van der Waals surface area contributed by atoms with E-state index in [2.05, 4.69) is 11.4 Å². The Labute approximate surface area is 77.0 Å². The number of nitriles is 1. The summed E-state index contributed by atoms with van der Waals surface area (Å²) in [6.07, 6.45) is 2.95. The van der Waals surface area contributed by atoms with Crippen LogP contribution in [0.2, 0.25) is 4.31 Å². The molecule has 1 saturated carbocycles. The van der Waals surface area contributed by atoms with Gasteiger partial charge in [-0.1, -0.05) is 0 Å². The number of nitrogens with one attached hydrogen (secondary N) is 1. The van der Waals surface area contributed by atoms with Crippen molar-refractivity contribution in [3.8, 4) is 6.07 Å². The molecular formula is C8H8N2OSe. The molecule has 12 heavy (non-hydrogen) atoms. The van der Waals surface area contributed by atoms with Crippen LogP contribution in [0.5, 0.6) is 0 Å². The average Bonchev–Trinajstić information content (AvgIpc) is 2.68. The second-order valence-electron chi connectivity index (χ2n) is 3.02. The Kier molecular flexibility index (Phi) is 1.54. The van der Waals surface area contributed by atoms with Crippen LogP contribution in [0.25, 0.3) is 0 Å². The van der Waals surface area contributed by atoms with Gasteiger partial charge in [-0.2, -0.15) is 0 Å². The van der Waals surface area contributed by atoms with E-state index in [1.165, 1.54) is 0 Å². The first kappa shape index (κ1) is 7.85. The molecule has 0 aromatic carbocycles. The molecule has 1 aliphatic carbocycles. The number of rotatable bonds is 1. The topological polar surface area (TPSA) is 52.9 Å². The van der Waals surface area contributed by atoms with Crippen LogP contribution >= 0.6 is 0 Å². The van der Waals surface area contributed by atoms with E-state index >= 15 is 0 Å². The Morgan fingerprint density at radius 1 is 2.00 bits per heavy atom. The summed E-state index contributed by atoms with van der Waals surface area (Å²) >= 11 is 0.0759. The number of fused-ring (bicyclic) bond motifs is 1. The van der Waals surface area contributed by atoms with Gasteiger partial charge in [0.05, 0.1) is 0 Å². The maximum absolute atomic E-state index is 11.2. The Bertz CT molecular complexity index is 318. The third-order valence-electron chi connectivity index (χ3n) is 2.25. The number of carbonyl (C=O) groups is 1. The van der Waals surface area contributed by atoms with Gasteiger partial charge in [0.15, 0.2) is 0 Å². The van der Waals surface area contributed by atoms with Crippen molar-refractivity contribution < 1.29 is 4.79 Å². The average molecular weight is 227 g/mol. The summed E-state index contributed by atoms with van der Waals surface area (Å²) in [6.45, 7) is 0. The van der Waals surface area contributed by atoms with Gasteiger partial charge >= 0.3 is 76.6 Å². The quantitative estimate of drug-likeness (QED) is 0.643. The molecule has 2 unspecified atom stereocenters. The van der Waals surface area contributed by atoms with E-state index < -0.39 is 0 Å². The standard InChI is InChI=1S/C8H8N2OSe/c1-10-7(11)6-2-5-3-8(5,4-9)12-6/h2,5H,3H2,1H3,(H,10,11). The summed E-state index contributed by atoms with van der Waals surface area (Å²) in [4.78, 5) is 11.2. The van der Waals surface area contributed by atoms with Gasteiger partial charge in [-0.15, -0.1) is 0 Å². The van der Waals surface area contributed by atoms with Crippen molar-refractivity contribution >= 4 is 20.9 Å². The molecule has 0 radical (unpaired) electrons. The summed E-state index contributed by atoms with van der Waals surface area (Å²) in [6, 6.07) is 2.32. The van der Waals surface area contributed by atoms with Gasteiger partial charge in [-0.25, -0.2) is 0 Å². The molecule has 1 N–H and O–H groups in total. The zero-order valence-corrected chi connectivity index (χ0v) is 8.34. The van der Waals surface area contributed by atoms with Crippen molar-refractivity contribution in [3.63, 3.8) is 0 Å². The maximum atomic E-state index is 11.2. The summed E-state index contributed by atoms with van der Waals surface area (Å²) in [5.74, 6) is 0.381. The number of carbonyl (C=O) groups excluding carboxylic acids is 1. The number of hydrogen-bond donors (Lipinski definition) is 1. The molecule has 2 atom stereocenters. The first-order valence-electron chi connectivity index (χ1n) is 3.76. The molecule has 0 spiro atoms. The zero-order chi connectivity index (χ0) is 8.77. The number of hydrogen-bond acceptors (Lipinski definition) is 2. The van der Waals surface area contributed by atoms with Crippen molar-refractivity contribution in [2.75, 3.05) is 7.05 Å². The Hall–Kier alpha value is -0.781. The molecule has 2 aliphatic rings. The SMILES string of the molecule is CNC(=O)C1=CC2CC2(C#N)[Se]1. The molecule has 0 bridgehead atoms. The molecule has 1 aliphatic heterocycles. The fourth-order valence-corrected chi connectivity index (χ4v) is 4.22. The third kappa shape index (κ3) is 0.906. The second-order valence-corrected chi connectivity index (χ2v) is 5.90. The van der Waals surface area contributed by atoms with Crippen molar-refractivity contribution in [2.45, 2.75) is 10.7 Å².